The van der Waals surface area contributed by atoms with Crippen LogP contribution >= 0.6 is 11.8 Å². The van der Waals surface area contributed by atoms with Crippen molar-refractivity contribution in [3.05, 3.63) is 90.8 Å². The zero-order valence-electron chi connectivity index (χ0n) is 17.4. The molecule has 0 atom stereocenters. The maximum absolute atomic E-state index is 13.1. The van der Waals surface area contributed by atoms with Gasteiger partial charge in [0.15, 0.2) is 18.1 Å². The van der Waals surface area contributed by atoms with E-state index in [-0.39, 0.29) is 18.3 Å². The fraction of sp³-hybridized carbons (Fsp3) is 0.125. The zero-order chi connectivity index (χ0) is 22.2. The number of carbonyl (C=O) groups excluding carboxylic acids is 1. The SMILES string of the molecule is COc1ccccc1OCc1nnc(SCC(=O)N(c2ccccc2)c2ccccc2)o1. The van der Waals surface area contributed by atoms with E-state index in [0.29, 0.717) is 22.6 Å². The van der Waals surface area contributed by atoms with E-state index in [0.717, 1.165) is 11.4 Å². The first-order chi connectivity index (χ1) is 15.7. The third-order valence-corrected chi connectivity index (χ3v) is 5.27. The second-order valence-corrected chi connectivity index (χ2v) is 7.52. The van der Waals surface area contributed by atoms with Crippen LogP contribution in [0.1, 0.15) is 5.89 Å². The maximum atomic E-state index is 13.1. The monoisotopic (exact) mass is 447 g/mol. The highest BCUT2D eigenvalue weighted by Gasteiger charge is 2.19. The van der Waals surface area contributed by atoms with Gasteiger partial charge in [-0.1, -0.05) is 60.3 Å². The Kier molecular flexibility index (Phi) is 7.04. The molecule has 4 rings (SSSR count). The highest BCUT2D eigenvalue weighted by atomic mass is 32.2. The van der Waals surface area contributed by atoms with Gasteiger partial charge in [0, 0.05) is 11.4 Å². The molecule has 0 aliphatic carbocycles. The van der Waals surface area contributed by atoms with E-state index < -0.39 is 0 Å². The smallest absolute Gasteiger partial charge is 0.277 e. The van der Waals surface area contributed by atoms with Crippen LogP contribution in [0, 0.1) is 0 Å². The van der Waals surface area contributed by atoms with Gasteiger partial charge in [-0.05, 0) is 36.4 Å². The summed E-state index contributed by atoms with van der Waals surface area (Å²) in [5.74, 6) is 1.55. The molecule has 1 amide bonds. The number of amides is 1. The Labute approximate surface area is 190 Å². The highest BCUT2D eigenvalue weighted by Crippen LogP contribution is 2.28. The summed E-state index contributed by atoms with van der Waals surface area (Å²) in [6.45, 7) is 0.0992. The molecule has 0 N–H and O–H groups in total. The molecular weight excluding hydrogens is 426 g/mol. The third kappa shape index (κ3) is 5.28. The summed E-state index contributed by atoms with van der Waals surface area (Å²) in [6, 6.07) is 26.3. The molecule has 32 heavy (non-hydrogen) atoms. The minimum absolute atomic E-state index is 0.0992. The van der Waals surface area contributed by atoms with Crippen LogP contribution in [-0.4, -0.2) is 29.0 Å². The fourth-order valence-electron chi connectivity index (χ4n) is 3.01. The van der Waals surface area contributed by atoms with Gasteiger partial charge in [0.1, 0.15) is 0 Å². The van der Waals surface area contributed by atoms with Crippen molar-refractivity contribution in [1.29, 1.82) is 0 Å². The molecule has 1 heterocycles. The van der Waals surface area contributed by atoms with E-state index in [1.54, 1.807) is 24.1 Å². The van der Waals surface area contributed by atoms with Gasteiger partial charge in [-0.3, -0.25) is 9.69 Å². The first-order valence-electron chi connectivity index (χ1n) is 9.88. The first-order valence-corrected chi connectivity index (χ1v) is 10.9. The minimum atomic E-state index is -0.0996. The molecule has 8 heteroatoms. The lowest BCUT2D eigenvalue weighted by molar-refractivity contribution is -0.115. The second-order valence-electron chi connectivity index (χ2n) is 6.59. The predicted molar refractivity (Wildman–Crippen MR) is 122 cm³/mol. The van der Waals surface area contributed by atoms with E-state index in [1.807, 2.05) is 72.8 Å². The van der Waals surface area contributed by atoms with Crippen LogP contribution in [0.3, 0.4) is 0 Å². The second kappa shape index (κ2) is 10.5. The average molecular weight is 448 g/mol. The number of hydrogen-bond donors (Lipinski definition) is 0. The Morgan fingerprint density at radius 1 is 0.875 bits per heavy atom. The molecule has 0 aliphatic heterocycles. The number of carbonyl (C=O) groups is 1. The zero-order valence-corrected chi connectivity index (χ0v) is 18.2. The van der Waals surface area contributed by atoms with Crippen molar-refractivity contribution in [3.8, 4) is 11.5 Å². The molecule has 1 aromatic heterocycles. The fourth-order valence-corrected chi connectivity index (χ4v) is 3.64. The van der Waals surface area contributed by atoms with Crippen LogP contribution in [0.2, 0.25) is 0 Å². The number of anilines is 2. The predicted octanol–water partition coefficient (Wildman–Crippen LogP) is 5.11. The number of thioether (sulfide) groups is 1. The Morgan fingerprint density at radius 3 is 2.09 bits per heavy atom. The summed E-state index contributed by atoms with van der Waals surface area (Å²) in [6.07, 6.45) is 0. The quantitative estimate of drug-likeness (QED) is 0.330. The normalized spacial score (nSPS) is 10.5. The lowest BCUT2D eigenvalue weighted by Gasteiger charge is -2.22. The van der Waals surface area contributed by atoms with Crippen molar-refractivity contribution < 1.29 is 18.7 Å². The summed E-state index contributed by atoms with van der Waals surface area (Å²) in [5, 5.41) is 8.31. The van der Waals surface area contributed by atoms with Crippen LogP contribution in [0.15, 0.2) is 94.6 Å². The van der Waals surface area contributed by atoms with Crippen molar-refractivity contribution in [3.63, 3.8) is 0 Å². The van der Waals surface area contributed by atoms with Gasteiger partial charge in [-0.15, -0.1) is 10.2 Å². The standard InChI is InChI=1S/C24H21N3O4S/c1-29-20-14-8-9-15-21(20)30-16-22-25-26-24(31-22)32-17-23(28)27(18-10-4-2-5-11-18)19-12-6-3-7-13-19/h2-15H,16-17H2,1H3. The van der Waals surface area contributed by atoms with Gasteiger partial charge >= 0.3 is 0 Å². The molecule has 4 aromatic rings. The van der Waals surface area contributed by atoms with Gasteiger partial charge in [0.05, 0.1) is 12.9 Å². The van der Waals surface area contributed by atoms with Gasteiger partial charge in [0.25, 0.3) is 11.1 Å². The topological polar surface area (TPSA) is 77.7 Å². The number of benzene rings is 3. The van der Waals surface area contributed by atoms with Crippen molar-refractivity contribution in [2.24, 2.45) is 0 Å². The molecule has 0 unspecified atom stereocenters. The van der Waals surface area contributed by atoms with Gasteiger partial charge < -0.3 is 13.9 Å². The Hall–Kier alpha value is -3.78. The molecule has 0 spiro atoms. The van der Waals surface area contributed by atoms with E-state index >= 15 is 0 Å². The van der Waals surface area contributed by atoms with Crippen molar-refractivity contribution >= 4 is 29.0 Å². The van der Waals surface area contributed by atoms with Gasteiger partial charge in [0.2, 0.25) is 5.91 Å². The largest absolute Gasteiger partial charge is 0.493 e. The number of para-hydroxylation sites is 4. The summed E-state index contributed by atoms with van der Waals surface area (Å²) >= 11 is 1.18. The number of methoxy groups -OCH3 is 1. The highest BCUT2D eigenvalue weighted by molar-refractivity contribution is 7.99. The van der Waals surface area contributed by atoms with Crippen molar-refractivity contribution in [2.45, 2.75) is 11.8 Å². The number of nitrogens with zero attached hydrogens (tertiary/aromatic N) is 3. The minimum Gasteiger partial charge on any atom is -0.493 e. The third-order valence-electron chi connectivity index (χ3n) is 4.47. The van der Waals surface area contributed by atoms with Crippen molar-refractivity contribution in [2.75, 3.05) is 17.8 Å². The molecule has 3 aromatic carbocycles. The van der Waals surface area contributed by atoms with Crippen LogP contribution in [0.5, 0.6) is 11.5 Å². The summed E-state index contributed by atoms with van der Waals surface area (Å²) in [4.78, 5) is 14.8. The summed E-state index contributed by atoms with van der Waals surface area (Å²) in [5.41, 5.74) is 1.58. The van der Waals surface area contributed by atoms with Crippen LogP contribution in [0.25, 0.3) is 0 Å². The van der Waals surface area contributed by atoms with E-state index in [2.05, 4.69) is 10.2 Å². The molecule has 0 aliphatic rings. The molecule has 0 saturated carbocycles. The molecule has 0 saturated heterocycles. The summed E-state index contributed by atoms with van der Waals surface area (Å²) < 4.78 is 16.6. The van der Waals surface area contributed by atoms with Gasteiger partial charge in [-0.2, -0.15) is 0 Å². The first kappa shape index (κ1) is 21.5. The molecule has 162 valence electrons. The Bertz CT molecular complexity index is 1110. The maximum Gasteiger partial charge on any atom is 0.277 e. The van der Waals surface area contributed by atoms with Crippen LogP contribution in [-0.2, 0) is 11.4 Å². The van der Waals surface area contributed by atoms with Crippen LogP contribution < -0.4 is 14.4 Å². The van der Waals surface area contributed by atoms with Crippen molar-refractivity contribution in [1.82, 2.24) is 10.2 Å². The number of ether oxygens (including phenoxy) is 2. The number of rotatable bonds is 9. The Balaban J connectivity index is 1.39. The molecule has 7 nitrogen and oxygen atoms in total. The van der Waals surface area contributed by atoms with E-state index in [9.17, 15) is 4.79 Å². The lowest BCUT2D eigenvalue weighted by atomic mass is 10.2. The Morgan fingerprint density at radius 2 is 1.47 bits per heavy atom. The van der Waals surface area contributed by atoms with Gasteiger partial charge in [-0.25, -0.2) is 0 Å². The van der Waals surface area contributed by atoms with E-state index in [1.165, 1.54) is 11.8 Å². The average Bonchev–Trinajstić information content (AvgIpc) is 3.31. The number of aromatic nitrogens is 2. The molecule has 0 fully saturated rings. The van der Waals surface area contributed by atoms with Crippen LogP contribution in [0.4, 0.5) is 11.4 Å². The number of hydrogen-bond acceptors (Lipinski definition) is 7. The summed E-state index contributed by atoms with van der Waals surface area (Å²) in [7, 11) is 1.58. The molecule has 0 radical (unpaired) electrons. The van der Waals surface area contributed by atoms with E-state index in [4.69, 9.17) is 13.9 Å². The molecule has 0 bridgehead atoms. The lowest BCUT2D eigenvalue weighted by Crippen LogP contribution is -2.27. The molecular formula is C24H21N3O4S.